The third kappa shape index (κ3) is 3.22. The third-order valence-electron chi connectivity index (χ3n) is 3.67. The fourth-order valence-electron chi connectivity index (χ4n) is 2.54. The number of imidazole rings is 1. The molecule has 1 amide bonds. The molecule has 0 atom stereocenters. The summed E-state index contributed by atoms with van der Waals surface area (Å²) in [5.41, 5.74) is 2.25. The van der Waals surface area contributed by atoms with E-state index in [1.54, 1.807) is 12.1 Å². The molecular weight excluding hydrogens is 358 g/mol. The number of nitrogens with zero attached hydrogens (tertiary/aromatic N) is 2. The van der Waals surface area contributed by atoms with Gasteiger partial charge in [0.15, 0.2) is 0 Å². The quantitative estimate of drug-likeness (QED) is 0.737. The Morgan fingerprint density at radius 3 is 2.91 bits per heavy atom. The third-order valence-corrected chi connectivity index (χ3v) is 4.16. The lowest BCUT2D eigenvalue weighted by atomic mass is 10.2. The van der Waals surface area contributed by atoms with Crippen molar-refractivity contribution in [1.82, 2.24) is 14.9 Å². The molecule has 2 aromatic carbocycles. The summed E-state index contributed by atoms with van der Waals surface area (Å²) in [5, 5.41) is 12.6. The molecule has 0 fully saturated rings. The number of benzene rings is 2. The minimum atomic E-state index is -0.300. The van der Waals surface area contributed by atoms with Crippen LogP contribution >= 0.6 is 15.9 Å². The van der Waals surface area contributed by atoms with Gasteiger partial charge in [-0.2, -0.15) is 0 Å². The molecule has 0 unspecified atom stereocenters. The molecule has 118 valence electrons. The number of phenols is 1. The summed E-state index contributed by atoms with van der Waals surface area (Å²) >= 11 is 3.30. The molecule has 5 nitrogen and oxygen atoms in total. The fraction of sp³-hybridized carbons (Fsp3) is 0.176. The average Bonchev–Trinajstić information content (AvgIpc) is 2.85. The molecule has 0 radical (unpaired) electrons. The molecule has 3 aromatic rings. The largest absolute Gasteiger partial charge is 0.507 e. The van der Waals surface area contributed by atoms with E-state index in [9.17, 15) is 9.90 Å². The number of carbonyl (C=O) groups is 1. The molecular formula is C17H16BrN3O2. The van der Waals surface area contributed by atoms with Crippen molar-refractivity contribution < 1.29 is 9.90 Å². The molecule has 0 saturated carbocycles. The van der Waals surface area contributed by atoms with E-state index in [0.717, 1.165) is 21.3 Å². The summed E-state index contributed by atoms with van der Waals surface area (Å²) in [6.07, 6.45) is 0. The van der Waals surface area contributed by atoms with Crippen LogP contribution < -0.4 is 5.32 Å². The molecule has 3 rings (SSSR count). The van der Waals surface area contributed by atoms with Crippen molar-refractivity contribution in [3.05, 3.63) is 58.3 Å². The van der Waals surface area contributed by atoms with Crippen molar-refractivity contribution in [3.8, 4) is 5.75 Å². The Bertz CT molecular complexity index is 873. The summed E-state index contributed by atoms with van der Waals surface area (Å²) in [4.78, 5) is 16.7. The van der Waals surface area contributed by atoms with Crippen LogP contribution in [0.5, 0.6) is 5.75 Å². The highest BCUT2D eigenvalue weighted by molar-refractivity contribution is 9.10. The Morgan fingerprint density at radius 2 is 2.09 bits per heavy atom. The zero-order chi connectivity index (χ0) is 16.4. The van der Waals surface area contributed by atoms with Crippen LogP contribution in [0.2, 0.25) is 0 Å². The normalized spacial score (nSPS) is 10.9. The van der Waals surface area contributed by atoms with E-state index in [4.69, 9.17) is 0 Å². The van der Waals surface area contributed by atoms with Gasteiger partial charge < -0.3 is 15.0 Å². The molecule has 0 spiro atoms. The number of carbonyl (C=O) groups excluding carboxylic acids is 1. The van der Waals surface area contributed by atoms with Gasteiger partial charge in [0.2, 0.25) is 0 Å². The van der Waals surface area contributed by atoms with Crippen LogP contribution in [-0.4, -0.2) is 27.1 Å². The Balaban J connectivity index is 1.70. The van der Waals surface area contributed by atoms with Gasteiger partial charge in [-0.05, 0) is 37.3 Å². The monoisotopic (exact) mass is 373 g/mol. The number of nitrogens with one attached hydrogen (secondary N) is 1. The predicted octanol–water partition coefficient (Wildman–Crippen LogP) is 3.24. The second-order valence-electron chi connectivity index (χ2n) is 5.22. The van der Waals surface area contributed by atoms with Crippen molar-refractivity contribution in [1.29, 1.82) is 0 Å². The van der Waals surface area contributed by atoms with Crippen LogP contribution in [0.15, 0.2) is 46.9 Å². The highest BCUT2D eigenvalue weighted by Crippen LogP contribution is 2.21. The summed E-state index contributed by atoms with van der Waals surface area (Å²) in [7, 11) is 0. The van der Waals surface area contributed by atoms with E-state index in [-0.39, 0.29) is 17.2 Å². The number of hydrogen-bond acceptors (Lipinski definition) is 3. The Hall–Kier alpha value is -2.34. The number of halogens is 1. The SMILES string of the molecule is Cc1nc2ccccc2n1CCNC(=O)c1cc(Br)ccc1O. The number of aryl methyl sites for hydroxylation is 1. The minimum Gasteiger partial charge on any atom is -0.507 e. The zero-order valence-electron chi connectivity index (χ0n) is 12.6. The first-order valence-electron chi connectivity index (χ1n) is 7.25. The van der Waals surface area contributed by atoms with E-state index >= 15 is 0 Å². The van der Waals surface area contributed by atoms with Crippen LogP contribution in [0.3, 0.4) is 0 Å². The molecule has 0 aliphatic heterocycles. The predicted molar refractivity (Wildman–Crippen MR) is 92.6 cm³/mol. The van der Waals surface area contributed by atoms with Crippen molar-refractivity contribution in [2.24, 2.45) is 0 Å². The number of aromatic nitrogens is 2. The molecule has 23 heavy (non-hydrogen) atoms. The molecule has 6 heteroatoms. The maximum Gasteiger partial charge on any atom is 0.255 e. The Kier molecular flexibility index (Phi) is 4.34. The van der Waals surface area contributed by atoms with Crippen LogP contribution in [0.1, 0.15) is 16.2 Å². The van der Waals surface area contributed by atoms with Gasteiger partial charge in [0.1, 0.15) is 11.6 Å². The Labute approximate surface area is 142 Å². The van der Waals surface area contributed by atoms with Gasteiger partial charge in [-0.25, -0.2) is 4.98 Å². The van der Waals surface area contributed by atoms with Gasteiger partial charge in [0.05, 0.1) is 16.6 Å². The fourth-order valence-corrected chi connectivity index (χ4v) is 2.91. The van der Waals surface area contributed by atoms with Gasteiger partial charge in [-0.15, -0.1) is 0 Å². The van der Waals surface area contributed by atoms with Gasteiger partial charge in [0, 0.05) is 17.6 Å². The Morgan fingerprint density at radius 1 is 1.30 bits per heavy atom. The van der Waals surface area contributed by atoms with Crippen molar-refractivity contribution in [2.45, 2.75) is 13.5 Å². The van der Waals surface area contributed by atoms with E-state index in [2.05, 4.69) is 30.8 Å². The summed E-state index contributed by atoms with van der Waals surface area (Å²) in [6, 6.07) is 12.7. The molecule has 2 N–H and O–H groups in total. The summed E-state index contributed by atoms with van der Waals surface area (Å²) < 4.78 is 2.81. The van der Waals surface area contributed by atoms with Crippen LogP contribution in [-0.2, 0) is 6.54 Å². The second-order valence-corrected chi connectivity index (χ2v) is 6.13. The van der Waals surface area contributed by atoms with Crippen LogP contribution in [0, 0.1) is 6.92 Å². The first-order chi connectivity index (χ1) is 11.1. The number of aromatic hydroxyl groups is 1. The van der Waals surface area contributed by atoms with E-state index < -0.39 is 0 Å². The maximum atomic E-state index is 12.2. The second kappa shape index (κ2) is 6.42. The minimum absolute atomic E-state index is 0.0324. The van der Waals surface area contributed by atoms with Gasteiger partial charge >= 0.3 is 0 Å². The highest BCUT2D eigenvalue weighted by Gasteiger charge is 2.12. The molecule has 0 aliphatic rings. The van der Waals surface area contributed by atoms with E-state index in [1.807, 2.05) is 31.2 Å². The number of hydrogen-bond donors (Lipinski definition) is 2. The smallest absolute Gasteiger partial charge is 0.255 e. The summed E-state index contributed by atoms with van der Waals surface area (Å²) in [5.74, 6) is 0.576. The van der Waals surface area contributed by atoms with E-state index in [0.29, 0.717) is 13.1 Å². The lowest BCUT2D eigenvalue weighted by Crippen LogP contribution is -2.27. The van der Waals surface area contributed by atoms with E-state index in [1.165, 1.54) is 6.07 Å². The maximum absolute atomic E-state index is 12.2. The number of rotatable bonds is 4. The molecule has 0 aliphatic carbocycles. The first kappa shape index (κ1) is 15.6. The first-order valence-corrected chi connectivity index (χ1v) is 8.04. The standard InChI is InChI=1S/C17H16BrN3O2/c1-11-20-14-4-2-3-5-15(14)21(11)9-8-19-17(23)13-10-12(18)6-7-16(13)22/h2-7,10,22H,8-9H2,1H3,(H,19,23). The van der Waals surface area contributed by atoms with Crippen molar-refractivity contribution in [2.75, 3.05) is 6.54 Å². The number of amides is 1. The number of para-hydroxylation sites is 2. The average molecular weight is 374 g/mol. The molecule has 0 saturated heterocycles. The van der Waals surface area contributed by atoms with Crippen LogP contribution in [0.4, 0.5) is 0 Å². The summed E-state index contributed by atoms with van der Waals surface area (Å²) in [6.45, 7) is 3.01. The number of fused-ring (bicyclic) bond motifs is 1. The van der Waals surface area contributed by atoms with Crippen LogP contribution in [0.25, 0.3) is 11.0 Å². The molecule has 1 aromatic heterocycles. The topological polar surface area (TPSA) is 67.2 Å². The highest BCUT2D eigenvalue weighted by atomic mass is 79.9. The van der Waals surface area contributed by atoms with Gasteiger partial charge in [-0.3, -0.25) is 4.79 Å². The van der Waals surface area contributed by atoms with Crippen molar-refractivity contribution in [3.63, 3.8) is 0 Å². The van der Waals surface area contributed by atoms with Gasteiger partial charge in [-0.1, -0.05) is 28.1 Å². The lowest BCUT2D eigenvalue weighted by molar-refractivity contribution is 0.0949. The molecule has 0 bridgehead atoms. The molecule has 1 heterocycles. The number of phenolic OH excluding ortho intramolecular Hbond substituents is 1. The van der Waals surface area contributed by atoms with Gasteiger partial charge in [0.25, 0.3) is 5.91 Å². The zero-order valence-corrected chi connectivity index (χ0v) is 14.2. The lowest BCUT2D eigenvalue weighted by Gasteiger charge is -2.10. The van der Waals surface area contributed by atoms with Crippen molar-refractivity contribution >= 4 is 32.9 Å².